The molecule has 1 N–H and O–H groups in total. The minimum absolute atomic E-state index is 0.000733. The molecule has 2 rings (SSSR count). The molecule has 0 aromatic rings. The van der Waals surface area contributed by atoms with Crippen LogP contribution < -0.4 is 5.32 Å². The molecule has 4 unspecified atom stereocenters. The lowest BCUT2D eigenvalue weighted by Gasteiger charge is -2.42. The first-order valence-electron chi connectivity index (χ1n) is 5.42. The maximum atomic E-state index is 12.6. The average Bonchev–Trinajstić information content (AvgIpc) is 2.16. The molecule has 0 spiro atoms. The molecular weight excluding hydrogens is 227 g/mol. The van der Waals surface area contributed by atoms with E-state index in [2.05, 4.69) is 5.32 Å². The Balaban J connectivity index is 2.02. The zero-order chi connectivity index (χ0) is 11.1. The van der Waals surface area contributed by atoms with E-state index in [9.17, 15) is 13.2 Å². The summed E-state index contributed by atoms with van der Waals surface area (Å²) in [6.45, 7) is 0.839. The second-order valence-electron chi connectivity index (χ2n) is 4.58. The predicted molar refractivity (Wildman–Crippen MR) is 52.9 cm³/mol. The fourth-order valence-corrected chi connectivity index (χ4v) is 3.16. The van der Waals surface area contributed by atoms with E-state index >= 15 is 0 Å². The molecule has 0 aromatic carbocycles. The van der Waals surface area contributed by atoms with Gasteiger partial charge in [0.25, 0.3) is 0 Å². The van der Waals surface area contributed by atoms with Gasteiger partial charge in [0.15, 0.2) is 0 Å². The lowest BCUT2D eigenvalue weighted by atomic mass is 9.74. The Labute approximate surface area is 92.4 Å². The molecule has 4 atom stereocenters. The minimum atomic E-state index is -4.04. The van der Waals surface area contributed by atoms with Crippen LogP contribution in [0.5, 0.6) is 0 Å². The number of alkyl halides is 4. The highest BCUT2D eigenvalue weighted by molar-refractivity contribution is 6.20. The largest absolute Gasteiger partial charge is 0.391 e. The topological polar surface area (TPSA) is 12.0 Å². The number of piperidine rings is 1. The summed E-state index contributed by atoms with van der Waals surface area (Å²) in [5.41, 5.74) is 0. The van der Waals surface area contributed by atoms with Crippen molar-refractivity contribution >= 4 is 11.6 Å². The molecule has 88 valence electrons. The molecule has 2 aliphatic rings. The summed E-state index contributed by atoms with van der Waals surface area (Å²) in [5.74, 6) is -1.14. The first kappa shape index (κ1) is 11.5. The Morgan fingerprint density at radius 3 is 2.53 bits per heavy atom. The third-order valence-corrected chi connectivity index (χ3v) is 4.20. The molecule has 1 nitrogen and oxygen atoms in total. The van der Waals surface area contributed by atoms with Crippen LogP contribution in [0, 0.1) is 11.8 Å². The SMILES string of the molecule is FC(F)(F)C1CCC2NCCC(Cl)C2C1. The quantitative estimate of drug-likeness (QED) is 0.643. The van der Waals surface area contributed by atoms with Gasteiger partial charge in [0, 0.05) is 11.4 Å². The van der Waals surface area contributed by atoms with Crippen LogP contribution in [-0.2, 0) is 0 Å². The molecule has 5 heteroatoms. The third-order valence-electron chi connectivity index (χ3n) is 3.65. The minimum Gasteiger partial charge on any atom is -0.314 e. The van der Waals surface area contributed by atoms with Crippen molar-refractivity contribution < 1.29 is 13.2 Å². The molecule has 0 aromatic heterocycles. The Morgan fingerprint density at radius 1 is 1.13 bits per heavy atom. The van der Waals surface area contributed by atoms with E-state index in [1.54, 1.807) is 0 Å². The lowest BCUT2D eigenvalue weighted by molar-refractivity contribution is -0.188. The second-order valence-corrected chi connectivity index (χ2v) is 5.14. The Kier molecular flexibility index (Phi) is 3.17. The zero-order valence-corrected chi connectivity index (χ0v) is 9.11. The highest BCUT2D eigenvalue weighted by Gasteiger charge is 2.47. The molecular formula is C10H15ClF3N. The fourth-order valence-electron chi connectivity index (χ4n) is 2.78. The van der Waals surface area contributed by atoms with Gasteiger partial charge in [0.2, 0.25) is 0 Å². The number of hydrogen-bond acceptors (Lipinski definition) is 1. The van der Waals surface area contributed by atoms with E-state index in [-0.39, 0.29) is 30.2 Å². The number of hydrogen-bond donors (Lipinski definition) is 1. The van der Waals surface area contributed by atoms with Crippen LogP contribution >= 0.6 is 11.6 Å². The van der Waals surface area contributed by atoms with Gasteiger partial charge < -0.3 is 5.32 Å². The van der Waals surface area contributed by atoms with Crippen LogP contribution in [0.3, 0.4) is 0 Å². The summed E-state index contributed by atoms with van der Waals surface area (Å²) in [5, 5.41) is 3.19. The summed E-state index contributed by atoms with van der Waals surface area (Å²) in [6.07, 6.45) is -2.19. The van der Waals surface area contributed by atoms with E-state index in [0.717, 1.165) is 13.0 Å². The summed E-state index contributed by atoms with van der Waals surface area (Å²) in [7, 11) is 0. The number of fused-ring (bicyclic) bond motifs is 1. The van der Waals surface area contributed by atoms with Crippen molar-refractivity contribution in [2.75, 3.05) is 6.54 Å². The molecule has 0 radical (unpaired) electrons. The normalized spacial score (nSPS) is 42.4. The lowest BCUT2D eigenvalue weighted by Crippen LogP contribution is -2.51. The molecule has 0 bridgehead atoms. The molecule has 1 heterocycles. The van der Waals surface area contributed by atoms with Gasteiger partial charge in [0.1, 0.15) is 0 Å². The molecule has 2 fully saturated rings. The Hall–Kier alpha value is 0.0400. The van der Waals surface area contributed by atoms with Crippen LogP contribution in [0.2, 0.25) is 0 Å². The molecule has 1 aliphatic carbocycles. The average molecular weight is 242 g/mol. The van der Waals surface area contributed by atoms with E-state index in [0.29, 0.717) is 6.42 Å². The standard InChI is InChI=1S/C10H15ClF3N/c11-8-3-4-15-9-2-1-6(5-7(8)9)10(12,13)14/h6-9,15H,1-5H2. The zero-order valence-electron chi connectivity index (χ0n) is 8.36. The fraction of sp³-hybridized carbons (Fsp3) is 1.00. The number of rotatable bonds is 0. The molecule has 1 saturated heterocycles. The first-order chi connectivity index (χ1) is 6.98. The molecule has 15 heavy (non-hydrogen) atoms. The van der Waals surface area contributed by atoms with Gasteiger partial charge in [-0.1, -0.05) is 0 Å². The Bertz CT molecular complexity index is 231. The van der Waals surface area contributed by atoms with E-state index in [1.165, 1.54) is 0 Å². The monoisotopic (exact) mass is 241 g/mol. The van der Waals surface area contributed by atoms with Crippen molar-refractivity contribution in [2.45, 2.75) is 43.3 Å². The molecule has 1 saturated carbocycles. The van der Waals surface area contributed by atoms with Crippen LogP contribution in [0.25, 0.3) is 0 Å². The van der Waals surface area contributed by atoms with Gasteiger partial charge in [-0.15, -0.1) is 11.6 Å². The predicted octanol–water partition coefficient (Wildman–Crippen LogP) is 2.93. The highest BCUT2D eigenvalue weighted by atomic mass is 35.5. The second kappa shape index (κ2) is 4.13. The van der Waals surface area contributed by atoms with Crippen LogP contribution in [0.15, 0.2) is 0 Å². The van der Waals surface area contributed by atoms with Crippen molar-refractivity contribution in [3.8, 4) is 0 Å². The molecule has 1 aliphatic heterocycles. The number of nitrogens with one attached hydrogen (secondary N) is 1. The summed E-state index contributed by atoms with van der Waals surface area (Å²) in [6, 6.07) is 0.208. The van der Waals surface area contributed by atoms with Crippen molar-refractivity contribution in [1.29, 1.82) is 0 Å². The van der Waals surface area contributed by atoms with Gasteiger partial charge in [-0.25, -0.2) is 0 Å². The Morgan fingerprint density at radius 2 is 1.87 bits per heavy atom. The van der Waals surface area contributed by atoms with E-state index in [1.807, 2.05) is 0 Å². The van der Waals surface area contributed by atoms with Crippen LogP contribution in [0.1, 0.15) is 25.7 Å². The van der Waals surface area contributed by atoms with E-state index in [4.69, 9.17) is 11.6 Å². The van der Waals surface area contributed by atoms with E-state index < -0.39 is 12.1 Å². The van der Waals surface area contributed by atoms with Crippen molar-refractivity contribution in [3.63, 3.8) is 0 Å². The summed E-state index contributed by atoms with van der Waals surface area (Å²) < 4.78 is 37.7. The highest BCUT2D eigenvalue weighted by Crippen LogP contribution is 2.43. The number of halogens is 4. The maximum Gasteiger partial charge on any atom is 0.391 e. The third kappa shape index (κ3) is 2.41. The first-order valence-corrected chi connectivity index (χ1v) is 5.86. The smallest absolute Gasteiger partial charge is 0.314 e. The van der Waals surface area contributed by atoms with Crippen molar-refractivity contribution in [2.24, 2.45) is 11.8 Å². The van der Waals surface area contributed by atoms with Crippen LogP contribution in [-0.4, -0.2) is 24.1 Å². The van der Waals surface area contributed by atoms with Gasteiger partial charge in [-0.05, 0) is 38.1 Å². The maximum absolute atomic E-state index is 12.6. The molecule has 0 amide bonds. The van der Waals surface area contributed by atoms with Gasteiger partial charge in [-0.3, -0.25) is 0 Å². The van der Waals surface area contributed by atoms with Crippen molar-refractivity contribution in [3.05, 3.63) is 0 Å². The summed E-state index contributed by atoms with van der Waals surface area (Å²) >= 11 is 6.10. The van der Waals surface area contributed by atoms with Crippen LogP contribution in [0.4, 0.5) is 13.2 Å². The van der Waals surface area contributed by atoms with Crippen molar-refractivity contribution in [1.82, 2.24) is 5.32 Å². The van der Waals surface area contributed by atoms with Gasteiger partial charge in [-0.2, -0.15) is 13.2 Å². The van der Waals surface area contributed by atoms with Gasteiger partial charge >= 0.3 is 6.18 Å². The van der Waals surface area contributed by atoms with Gasteiger partial charge in [0.05, 0.1) is 5.92 Å². The summed E-state index contributed by atoms with van der Waals surface area (Å²) in [4.78, 5) is 0.